The number of carbonyl (C=O) groups excluding carboxylic acids is 2. The topological polar surface area (TPSA) is 73.2 Å². The molecule has 0 aliphatic rings. The predicted molar refractivity (Wildman–Crippen MR) is 72.2 cm³/mol. The molecule has 0 atom stereocenters. The van der Waals surface area contributed by atoms with E-state index in [1.54, 1.807) is 13.1 Å². The number of carbonyl (C=O) groups is 2. The van der Waals surface area contributed by atoms with Crippen LogP contribution in [0.5, 0.6) is 0 Å². The first kappa shape index (κ1) is 13.8. The summed E-state index contributed by atoms with van der Waals surface area (Å²) in [6.07, 6.45) is 0.908. The molecule has 0 fully saturated rings. The molecule has 20 heavy (non-hydrogen) atoms. The van der Waals surface area contributed by atoms with Crippen LogP contribution in [0.3, 0.4) is 0 Å². The van der Waals surface area contributed by atoms with Gasteiger partial charge in [0.15, 0.2) is 5.78 Å². The van der Waals surface area contributed by atoms with Gasteiger partial charge in [0, 0.05) is 13.2 Å². The molecule has 0 radical (unpaired) electrons. The molecular weight excluding hydrogens is 258 g/mol. The smallest absolute Gasteiger partial charge is 0.407 e. The Kier molecular flexibility index (Phi) is 4.49. The molecule has 0 saturated carbocycles. The molecule has 1 N–H and O–H groups in total. The highest BCUT2D eigenvalue weighted by Crippen LogP contribution is 2.01. The molecule has 2 aromatic rings. The van der Waals surface area contributed by atoms with Gasteiger partial charge in [0.25, 0.3) is 0 Å². The fourth-order valence-corrected chi connectivity index (χ4v) is 1.66. The Balaban J connectivity index is 1.75. The predicted octanol–water partition coefficient (Wildman–Crippen LogP) is 1.53. The summed E-state index contributed by atoms with van der Waals surface area (Å²) < 4.78 is 6.46. The second-order valence-electron chi connectivity index (χ2n) is 4.18. The van der Waals surface area contributed by atoms with Gasteiger partial charge in [0.05, 0.1) is 6.54 Å². The summed E-state index contributed by atoms with van der Waals surface area (Å²) in [4.78, 5) is 23.2. The molecule has 0 aliphatic carbocycles. The zero-order chi connectivity index (χ0) is 14.4. The highest BCUT2D eigenvalue weighted by molar-refractivity contribution is 5.97. The molecule has 6 heteroatoms. The molecule has 1 amide bonds. The number of ketones is 1. The van der Waals surface area contributed by atoms with Crippen LogP contribution in [0.15, 0.2) is 42.6 Å². The Labute approximate surface area is 116 Å². The maximum Gasteiger partial charge on any atom is 0.407 e. The van der Waals surface area contributed by atoms with Gasteiger partial charge in [-0.15, -0.1) is 0 Å². The van der Waals surface area contributed by atoms with E-state index in [2.05, 4.69) is 10.4 Å². The second kappa shape index (κ2) is 6.51. The molecule has 104 valence electrons. The number of aromatic nitrogens is 2. The zero-order valence-electron chi connectivity index (χ0n) is 11.1. The van der Waals surface area contributed by atoms with E-state index in [1.807, 2.05) is 30.3 Å². The van der Waals surface area contributed by atoms with Crippen molar-refractivity contribution in [3.8, 4) is 0 Å². The number of rotatable bonds is 5. The number of amides is 1. The Morgan fingerprint density at radius 2 is 2.00 bits per heavy atom. The molecule has 0 spiro atoms. The quantitative estimate of drug-likeness (QED) is 0.838. The standard InChI is InChI=1S/C14H15N3O3/c1-17-12(7-8-16-17)13(18)9-15-14(19)20-10-11-5-3-2-4-6-11/h2-8H,9-10H2,1H3,(H,15,19). The summed E-state index contributed by atoms with van der Waals surface area (Å²) in [5.74, 6) is -0.221. The minimum Gasteiger partial charge on any atom is -0.445 e. The first-order chi connectivity index (χ1) is 9.66. The number of aryl methyl sites for hydroxylation is 1. The Morgan fingerprint density at radius 1 is 1.25 bits per heavy atom. The highest BCUT2D eigenvalue weighted by Gasteiger charge is 2.11. The van der Waals surface area contributed by atoms with Crippen LogP contribution in [0.2, 0.25) is 0 Å². The number of Topliss-reactive ketones (excluding diaryl/α,β-unsaturated/α-hetero) is 1. The molecular formula is C14H15N3O3. The van der Waals surface area contributed by atoms with E-state index in [4.69, 9.17) is 4.74 Å². The molecule has 6 nitrogen and oxygen atoms in total. The molecule has 0 aliphatic heterocycles. The summed E-state index contributed by atoms with van der Waals surface area (Å²) in [7, 11) is 1.67. The van der Waals surface area contributed by atoms with Gasteiger partial charge in [-0.1, -0.05) is 30.3 Å². The van der Waals surface area contributed by atoms with E-state index in [9.17, 15) is 9.59 Å². The van der Waals surface area contributed by atoms with Crippen molar-refractivity contribution in [3.63, 3.8) is 0 Å². The van der Waals surface area contributed by atoms with E-state index in [-0.39, 0.29) is 18.9 Å². The van der Waals surface area contributed by atoms with Gasteiger partial charge in [-0.25, -0.2) is 4.79 Å². The third kappa shape index (κ3) is 3.68. The van der Waals surface area contributed by atoms with Gasteiger partial charge in [-0.3, -0.25) is 9.48 Å². The number of hydrogen-bond acceptors (Lipinski definition) is 4. The van der Waals surface area contributed by atoms with E-state index < -0.39 is 6.09 Å². The van der Waals surface area contributed by atoms with Crippen molar-refractivity contribution in [2.45, 2.75) is 6.61 Å². The average Bonchev–Trinajstić information content (AvgIpc) is 2.90. The Hall–Kier alpha value is -2.63. The largest absolute Gasteiger partial charge is 0.445 e. The van der Waals surface area contributed by atoms with E-state index in [0.29, 0.717) is 5.69 Å². The summed E-state index contributed by atoms with van der Waals surface area (Å²) in [6.45, 7) is 0.0553. The fraction of sp³-hybridized carbons (Fsp3) is 0.214. The maximum atomic E-state index is 11.8. The monoisotopic (exact) mass is 273 g/mol. The van der Waals surface area contributed by atoms with Crippen LogP contribution >= 0.6 is 0 Å². The molecule has 1 aromatic heterocycles. The second-order valence-corrected chi connectivity index (χ2v) is 4.18. The Morgan fingerprint density at radius 3 is 2.65 bits per heavy atom. The van der Waals surface area contributed by atoms with Gasteiger partial charge < -0.3 is 10.1 Å². The molecule has 0 bridgehead atoms. The number of hydrogen-bond donors (Lipinski definition) is 1. The summed E-state index contributed by atoms with van der Waals surface area (Å²) in [5, 5.41) is 6.31. The normalized spacial score (nSPS) is 10.1. The first-order valence-corrected chi connectivity index (χ1v) is 6.12. The number of benzene rings is 1. The highest BCUT2D eigenvalue weighted by atomic mass is 16.5. The lowest BCUT2D eigenvalue weighted by Crippen LogP contribution is -2.30. The average molecular weight is 273 g/mol. The number of ether oxygens (including phenoxy) is 1. The lowest BCUT2D eigenvalue weighted by Gasteiger charge is -2.06. The van der Waals surface area contributed by atoms with Crippen molar-refractivity contribution in [1.29, 1.82) is 0 Å². The third-order valence-electron chi connectivity index (χ3n) is 2.71. The zero-order valence-corrected chi connectivity index (χ0v) is 11.1. The fourth-order valence-electron chi connectivity index (χ4n) is 1.66. The Bertz CT molecular complexity index is 593. The van der Waals surface area contributed by atoms with Crippen molar-refractivity contribution in [2.75, 3.05) is 6.54 Å². The first-order valence-electron chi connectivity index (χ1n) is 6.12. The number of alkyl carbamates (subject to hydrolysis) is 1. The molecule has 2 rings (SSSR count). The van der Waals surface area contributed by atoms with Crippen molar-refractivity contribution >= 4 is 11.9 Å². The number of nitrogens with zero attached hydrogens (tertiary/aromatic N) is 2. The van der Waals surface area contributed by atoms with Crippen LogP contribution in [-0.2, 0) is 18.4 Å². The lowest BCUT2D eigenvalue weighted by atomic mass is 10.2. The van der Waals surface area contributed by atoms with Crippen LogP contribution < -0.4 is 5.32 Å². The van der Waals surface area contributed by atoms with Crippen LogP contribution in [0, 0.1) is 0 Å². The van der Waals surface area contributed by atoms with Gasteiger partial charge in [0.1, 0.15) is 12.3 Å². The minimum absolute atomic E-state index is 0.118. The summed E-state index contributed by atoms with van der Waals surface area (Å²) in [5.41, 5.74) is 1.33. The van der Waals surface area contributed by atoms with Crippen LogP contribution in [0.4, 0.5) is 4.79 Å². The van der Waals surface area contributed by atoms with E-state index in [1.165, 1.54) is 10.9 Å². The van der Waals surface area contributed by atoms with Crippen LogP contribution in [0.25, 0.3) is 0 Å². The summed E-state index contributed by atoms with van der Waals surface area (Å²) in [6, 6.07) is 10.9. The van der Waals surface area contributed by atoms with E-state index in [0.717, 1.165) is 5.56 Å². The van der Waals surface area contributed by atoms with Crippen LogP contribution in [0.1, 0.15) is 16.1 Å². The molecule has 1 aromatic carbocycles. The molecule has 0 saturated heterocycles. The lowest BCUT2D eigenvalue weighted by molar-refractivity contribution is 0.0965. The minimum atomic E-state index is -0.621. The van der Waals surface area contributed by atoms with Gasteiger partial charge in [-0.2, -0.15) is 5.10 Å². The van der Waals surface area contributed by atoms with Gasteiger partial charge >= 0.3 is 6.09 Å². The van der Waals surface area contributed by atoms with Gasteiger partial charge in [-0.05, 0) is 11.6 Å². The summed E-state index contributed by atoms with van der Waals surface area (Å²) >= 11 is 0. The number of nitrogens with one attached hydrogen (secondary N) is 1. The van der Waals surface area contributed by atoms with Crippen molar-refractivity contribution < 1.29 is 14.3 Å². The molecule has 1 heterocycles. The van der Waals surface area contributed by atoms with Crippen molar-refractivity contribution in [2.24, 2.45) is 7.05 Å². The van der Waals surface area contributed by atoms with Gasteiger partial charge in [0.2, 0.25) is 0 Å². The van der Waals surface area contributed by atoms with Crippen LogP contribution in [-0.4, -0.2) is 28.2 Å². The van der Waals surface area contributed by atoms with Crippen molar-refractivity contribution in [1.82, 2.24) is 15.1 Å². The van der Waals surface area contributed by atoms with Crippen molar-refractivity contribution in [3.05, 3.63) is 53.9 Å². The maximum absolute atomic E-state index is 11.8. The SMILES string of the molecule is Cn1nccc1C(=O)CNC(=O)OCc1ccccc1. The van der Waals surface area contributed by atoms with E-state index >= 15 is 0 Å². The molecule has 0 unspecified atom stereocenters. The third-order valence-corrected chi connectivity index (χ3v) is 2.71.